The van der Waals surface area contributed by atoms with Gasteiger partial charge in [0, 0.05) is 12.3 Å². The van der Waals surface area contributed by atoms with E-state index in [0.29, 0.717) is 11.7 Å². The van der Waals surface area contributed by atoms with Crippen molar-refractivity contribution in [3.05, 3.63) is 65.2 Å². The number of amides is 1. The van der Waals surface area contributed by atoms with Crippen LogP contribution in [0.25, 0.3) is 0 Å². The monoisotopic (exact) mass is 423 g/mol. The number of nitrogens with zero attached hydrogens (tertiary/aromatic N) is 4. The van der Waals surface area contributed by atoms with Gasteiger partial charge in [-0.2, -0.15) is 0 Å². The molecule has 0 saturated carbocycles. The normalized spacial score (nSPS) is 17.1. The summed E-state index contributed by atoms with van der Waals surface area (Å²) >= 11 is 1.35. The van der Waals surface area contributed by atoms with Crippen molar-refractivity contribution in [1.82, 2.24) is 20.2 Å². The Balaban J connectivity index is 1.56. The molecule has 0 unspecified atom stereocenters. The maximum atomic E-state index is 13.3. The highest BCUT2D eigenvalue weighted by Crippen LogP contribution is 2.35. The van der Waals surface area contributed by atoms with Crippen LogP contribution in [0.4, 0.5) is 5.69 Å². The average Bonchev–Trinajstić information content (AvgIpc) is 3.38. The summed E-state index contributed by atoms with van der Waals surface area (Å²) in [5, 5.41) is 15.3. The van der Waals surface area contributed by atoms with Crippen LogP contribution >= 0.6 is 11.8 Å². The van der Waals surface area contributed by atoms with Crippen molar-refractivity contribution < 1.29 is 9.53 Å². The van der Waals surface area contributed by atoms with Crippen molar-refractivity contribution >= 4 is 23.4 Å². The third-order valence-corrected chi connectivity index (χ3v) is 6.18. The Hall–Kier alpha value is -2.71. The minimum Gasteiger partial charge on any atom is -0.376 e. The molecule has 1 saturated heterocycles. The van der Waals surface area contributed by atoms with E-state index in [9.17, 15) is 4.79 Å². The summed E-state index contributed by atoms with van der Waals surface area (Å²) in [7, 11) is 0. The molecule has 8 heteroatoms. The molecule has 2 aromatic carbocycles. The molecule has 1 N–H and O–H groups in total. The van der Waals surface area contributed by atoms with Gasteiger partial charge in [-0.05, 0) is 65.9 Å². The van der Waals surface area contributed by atoms with E-state index in [1.54, 1.807) is 4.68 Å². The van der Waals surface area contributed by atoms with E-state index in [-0.39, 0.29) is 12.0 Å². The summed E-state index contributed by atoms with van der Waals surface area (Å²) in [4.78, 5) is 13.3. The first-order valence-corrected chi connectivity index (χ1v) is 10.9. The van der Waals surface area contributed by atoms with Gasteiger partial charge in [0.15, 0.2) is 0 Å². The number of anilines is 1. The van der Waals surface area contributed by atoms with Crippen LogP contribution in [0.5, 0.6) is 0 Å². The van der Waals surface area contributed by atoms with Crippen molar-refractivity contribution in [3.8, 4) is 0 Å². The maximum absolute atomic E-state index is 13.3. The molecule has 0 spiro atoms. The number of carbonyl (C=O) groups excluding carboxylic acids is 1. The molecule has 0 aliphatic carbocycles. The van der Waals surface area contributed by atoms with E-state index in [1.807, 2.05) is 56.3 Å². The first-order valence-electron chi connectivity index (χ1n) is 10.1. The number of ether oxygens (including phenoxy) is 1. The SMILES string of the molecule is Cc1cc(C)cc(NC(=O)[C@H](Sc2nnnn2C[C@@H]2CCCO2)c2ccccc2)c1. The number of hydrogen-bond donors (Lipinski definition) is 1. The fraction of sp³-hybridized carbons (Fsp3) is 0.364. The van der Waals surface area contributed by atoms with Gasteiger partial charge >= 0.3 is 0 Å². The van der Waals surface area contributed by atoms with E-state index in [4.69, 9.17) is 4.74 Å². The lowest BCUT2D eigenvalue weighted by Gasteiger charge is -2.17. The standard InChI is InChI=1S/C22H25N5O2S/c1-15-11-16(2)13-18(12-15)23-21(28)20(17-7-4-3-5-8-17)30-22-24-25-26-27(22)14-19-9-6-10-29-19/h3-5,7-8,11-13,19-20H,6,9-10,14H2,1-2H3,(H,23,28)/t19-,20+/m0/s1. The molecule has 1 amide bonds. The number of nitrogens with one attached hydrogen (secondary N) is 1. The zero-order valence-corrected chi connectivity index (χ0v) is 17.9. The van der Waals surface area contributed by atoms with E-state index in [2.05, 4.69) is 26.9 Å². The Morgan fingerprint density at radius 2 is 2.00 bits per heavy atom. The number of benzene rings is 2. The fourth-order valence-electron chi connectivity index (χ4n) is 3.64. The number of carbonyl (C=O) groups is 1. The fourth-order valence-corrected chi connectivity index (χ4v) is 4.62. The highest BCUT2D eigenvalue weighted by Gasteiger charge is 2.26. The molecule has 0 radical (unpaired) electrons. The van der Waals surface area contributed by atoms with Gasteiger partial charge in [0.05, 0.1) is 12.6 Å². The number of thioether (sulfide) groups is 1. The number of rotatable bonds is 7. The summed E-state index contributed by atoms with van der Waals surface area (Å²) in [6.07, 6.45) is 2.17. The molecule has 1 aromatic heterocycles. The zero-order chi connectivity index (χ0) is 20.9. The first-order chi connectivity index (χ1) is 14.6. The Bertz CT molecular complexity index is 982. The minimum atomic E-state index is -0.485. The van der Waals surface area contributed by atoms with Crippen molar-refractivity contribution in [2.24, 2.45) is 0 Å². The van der Waals surface area contributed by atoms with Crippen LogP contribution in [0, 0.1) is 13.8 Å². The van der Waals surface area contributed by atoms with Gasteiger partial charge in [-0.3, -0.25) is 4.79 Å². The number of hydrogen-bond acceptors (Lipinski definition) is 6. The van der Waals surface area contributed by atoms with E-state index in [0.717, 1.165) is 41.8 Å². The third-order valence-electron chi connectivity index (χ3n) is 4.95. The quantitative estimate of drug-likeness (QED) is 0.580. The largest absolute Gasteiger partial charge is 0.376 e. The molecule has 2 atom stereocenters. The molecule has 3 aromatic rings. The molecule has 1 aliphatic heterocycles. The molecule has 156 valence electrons. The first kappa shape index (κ1) is 20.6. The predicted molar refractivity (Wildman–Crippen MR) is 116 cm³/mol. The van der Waals surface area contributed by atoms with Gasteiger partial charge in [0.2, 0.25) is 11.1 Å². The number of tetrazole rings is 1. The molecule has 7 nitrogen and oxygen atoms in total. The van der Waals surface area contributed by atoms with E-state index in [1.165, 1.54) is 11.8 Å². The zero-order valence-electron chi connectivity index (χ0n) is 17.1. The van der Waals surface area contributed by atoms with Gasteiger partial charge in [0.25, 0.3) is 0 Å². The second kappa shape index (κ2) is 9.40. The molecule has 2 heterocycles. The van der Waals surface area contributed by atoms with E-state index >= 15 is 0 Å². The Morgan fingerprint density at radius 3 is 2.70 bits per heavy atom. The highest BCUT2D eigenvalue weighted by atomic mass is 32.2. The predicted octanol–water partition coefficient (Wildman–Crippen LogP) is 3.94. The lowest BCUT2D eigenvalue weighted by atomic mass is 10.1. The molecule has 30 heavy (non-hydrogen) atoms. The molecular weight excluding hydrogens is 398 g/mol. The van der Waals surface area contributed by atoms with Crippen molar-refractivity contribution in [2.75, 3.05) is 11.9 Å². The smallest absolute Gasteiger partial charge is 0.242 e. The summed E-state index contributed by atoms with van der Waals surface area (Å²) in [5.41, 5.74) is 3.90. The number of aryl methyl sites for hydroxylation is 2. The van der Waals surface area contributed by atoms with Crippen LogP contribution in [-0.4, -0.2) is 38.8 Å². The van der Waals surface area contributed by atoms with Gasteiger partial charge in [0.1, 0.15) is 5.25 Å². The van der Waals surface area contributed by atoms with E-state index < -0.39 is 5.25 Å². The molecule has 0 bridgehead atoms. The Kier molecular flexibility index (Phi) is 6.44. The lowest BCUT2D eigenvalue weighted by molar-refractivity contribution is -0.115. The average molecular weight is 424 g/mol. The van der Waals surface area contributed by atoms with Gasteiger partial charge in [-0.25, -0.2) is 4.68 Å². The van der Waals surface area contributed by atoms with Crippen molar-refractivity contribution in [3.63, 3.8) is 0 Å². The van der Waals surface area contributed by atoms with Crippen LogP contribution < -0.4 is 5.32 Å². The highest BCUT2D eigenvalue weighted by molar-refractivity contribution is 8.00. The van der Waals surface area contributed by atoms with Crippen molar-refractivity contribution in [1.29, 1.82) is 0 Å². The summed E-state index contributed by atoms with van der Waals surface area (Å²) in [6.45, 7) is 5.41. The number of aromatic nitrogens is 4. The molecule has 1 fully saturated rings. The maximum Gasteiger partial charge on any atom is 0.242 e. The second-order valence-corrected chi connectivity index (χ2v) is 8.63. The molecule has 1 aliphatic rings. The summed E-state index contributed by atoms with van der Waals surface area (Å²) in [6, 6.07) is 15.7. The minimum absolute atomic E-state index is 0.108. The lowest BCUT2D eigenvalue weighted by Crippen LogP contribution is -2.21. The second-order valence-electron chi connectivity index (χ2n) is 7.55. The molecule has 4 rings (SSSR count). The van der Waals surface area contributed by atoms with Gasteiger partial charge in [-0.15, -0.1) is 5.10 Å². The third kappa shape index (κ3) is 5.06. The summed E-state index contributed by atoms with van der Waals surface area (Å²) < 4.78 is 7.45. The van der Waals surface area contributed by atoms with Crippen molar-refractivity contribution in [2.45, 2.75) is 49.7 Å². The van der Waals surface area contributed by atoms with Crippen LogP contribution in [0.3, 0.4) is 0 Å². The Morgan fingerprint density at radius 1 is 1.23 bits per heavy atom. The van der Waals surface area contributed by atoms with Crippen LogP contribution in [0.1, 0.15) is 34.8 Å². The Labute approximate surface area is 180 Å². The van der Waals surface area contributed by atoms with Crippen LogP contribution in [0.2, 0.25) is 0 Å². The molecular formula is C22H25N5O2S. The van der Waals surface area contributed by atoms with Gasteiger partial charge in [-0.1, -0.05) is 48.2 Å². The topological polar surface area (TPSA) is 81.9 Å². The van der Waals surface area contributed by atoms with Crippen LogP contribution in [-0.2, 0) is 16.1 Å². The summed E-state index contributed by atoms with van der Waals surface area (Å²) in [5.74, 6) is -0.108. The van der Waals surface area contributed by atoms with Crippen LogP contribution in [0.15, 0.2) is 53.7 Å². The van der Waals surface area contributed by atoms with Gasteiger partial charge < -0.3 is 10.1 Å².